The lowest BCUT2D eigenvalue weighted by Crippen LogP contribution is -2.51. The number of fused-ring (bicyclic) bond motifs is 1. The van der Waals surface area contributed by atoms with Crippen molar-refractivity contribution in [1.29, 1.82) is 0 Å². The predicted molar refractivity (Wildman–Crippen MR) is 115 cm³/mol. The highest BCUT2D eigenvalue weighted by Crippen LogP contribution is 2.32. The van der Waals surface area contributed by atoms with E-state index >= 15 is 0 Å². The maximum atomic E-state index is 13.2. The summed E-state index contributed by atoms with van der Waals surface area (Å²) in [5.74, 6) is 0.268. The van der Waals surface area contributed by atoms with Gasteiger partial charge in [-0.25, -0.2) is 4.98 Å². The number of aromatic nitrogens is 1. The molecule has 0 bridgehead atoms. The number of nitrogens with one attached hydrogen (secondary N) is 1. The standard InChI is InChI=1S/C22H24F3N5O2/c1-15-12-20(31)27-17-4-2-3-5-18(17)30(15)21(32)14-28-8-10-29(11-9-28)19-7-6-16(13-26-19)22(23,24)25/h2-7,13,15H,8-12,14H2,1H3,(H,27,31)/t15-/m1/s1. The van der Waals surface area contributed by atoms with E-state index in [0.29, 0.717) is 43.4 Å². The molecule has 1 fully saturated rings. The summed E-state index contributed by atoms with van der Waals surface area (Å²) in [6.07, 6.45) is -3.35. The number of carbonyl (C=O) groups is 2. The third-order valence-corrected chi connectivity index (χ3v) is 5.76. The van der Waals surface area contributed by atoms with E-state index < -0.39 is 11.7 Å². The number of nitrogens with zero attached hydrogens (tertiary/aromatic N) is 4. The molecule has 2 aliphatic heterocycles. The van der Waals surface area contributed by atoms with E-state index in [1.54, 1.807) is 11.0 Å². The Balaban J connectivity index is 1.39. The first kappa shape index (κ1) is 22.1. The predicted octanol–water partition coefficient (Wildman–Crippen LogP) is 2.99. The van der Waals surface area contributed by atoms with E-state index in [9.17, 15) is 22.8 Å². The van der Waals surface area contributed by atoms with Crippen molar-refractivity contribution in [3.8, 4) is 0 Å². The first-order valence-electron chi connectivity index (χ1n) is 10.4. The van der Waals surface area contributed by atoms with Gasteiger partial charge in [0.05, 0.1) is 23.5 Å². The van der Waals surface area contributed by atoms with Gasteiger partial charge in [0.15, 0.2) is 0 Å². The molecule has 1 N–H and O–H groups in total. The number of anilines is 3. The summed E-state index contributed by atoms with van der Waals surface area (Å²) >= 11 is 0. The van der Waals surface area contributed by atoms with Gasteiger partial charge in [-0.05, 0) is 31.2 Å². The van der Waals surface area contributed by atoms with Crippen molar-refractivity contribution >= 4 is 29.0 Å². The summed E-state index contributed by atoms with van der Waals surface area (Å²) in [7, 11) is 0. The smallest absolute Gasteiger partial charge is 0.354 e. The average molecular weight is 447 g/mol. The molecule has 2 aliphatic rings. The molecule has 0 radical (unpaired) electrons. The Labute approximate surface area is 183 Å². The van der Waals surface area contributed by atoms with Crippen LogP contribution in [-0.4, -0.2) is 60.5 Å². The van der Waals surface area contributed by atoms with E-state index in [1.807, 2.05) is 34.9 Å². The van der Waals surface area contributed by atoms with Crippen LogP contribution in [0.5, 0.6) is 0 Å². The molecule has 1 aromatic carbocycles. The molecule has 1 aromatic heterocycles. The average Bonchev–Trinajstić information content (AvgIpc) is 2.88. The molecule has 1 atom stereocenters. The topological polar surface area (TPSA) is 68.8 Å². The van der Waals surface area contributed by atoms with Crippen LogP contribution in [0.1, 0.15) is 18.9 Å². The molecule has 32 heavy (non-hydrogen) atoms. The van der Waals surface area contributed by atoms with Crippen LogP contribution in [0.3, 0.4) is 0 Å². The van der Waals surface area contributed by atoms with Gasteiger partial charge >= 0.3 is 6.18 Å². The van der Waals surface area contributed by atoms with Crippen molar-refractivity contribution in [2.75, 3.05) is 47.8 Å². The van der Waals surface area contributed by atoms with Crippen molar-refractivity contribution in [3.05, 3.63) is 48.2 Å². The second-order valence-electron chi connectivity index (χ2n) is 8.05. The number of hydrogen-bond acceptors (Lipinski definition) is 5. The van der Waals surface area contributed by atoms with Crippen LogP contribution in [0.2, 0.25) is 0 Å². The van der Waals surface area contributed by atoms with Gasteiger partial charge in [0.25, 0.3) is 0 Å². The maximum absolute atomic E-state index is 13.2. The number of carbonyl (C=O) groups excluding carboxylic acids is 2. The number of para-hydroxylation sites is 2. The highest BCUT2D eigenvalue weighted by Gasteiger charge is 2.32. The Bertz CT molecular complexity index is 988. The zero-order valence-corrected chi connectivity index (χ0v) is 17.6. The quantitative estimate of drug-likeness (QED) is 0.784. The Morgan fingerprint density at radius 1 is 1.12 bits per heavy atom. The summed E-state index contributed by atoms with van der Waals surface area (Å²) in [4.78, 5) is 34.9. The second-order valence-corrected chi connectivity index (χ2v) is 8.05. The third kappa shape index (κ3) is 4.69. The molecule has 170 valence electrons. The van der Waals surface area contributed by atoms with E-state index in [1.165, 1.54) is 6.07 Å². The fourth-order valence-electron chi connectivity index (χ4n) is 4.11. The highest BCUT2D eigenvalue weighted by atomic mass is 19.4. The molecule has 0 spiro atoms. The Morgan fingerprint density at radius 3 is 2.50 bits per heavy atom. The zero-order valence-electron chi connectivity index (χ0n) is 17.6. The van der Waals surface area contributed by atoms with Gasteiger partial charge in [-0.3, -0.25) is 14.5 Å². The van der Waals surface area contributed by atoms with Gasteiger partial charge in [0.2, 0.25) is 11.8 Å². The lowest BCUT2D eigenvalue weighted by molar-refractivity contribution is -0.137. The second kappa shape index (κ2) is 8.78. The molecule has 0 saturated carbocycles. The molecular weight excluding hydrogens is 423 g/mol. The number of hydrogen-bond donors (Lipinski definition) is 1. The number of amides is 2. The Hall–Kier alpha value is -3.14. The molecule has 4 rings (SSSR count). The number of halogens is 3. The number of piperazine rings is 1. The van der Waals surface area contributed by atoms with Gasteiger partial charge in [-0.1, -0.05) is 12.1 Å². The number of pyridine rings is 1. The normalized spacial score (nSPS) is 19.9. The molecule has 10 heteroatoms. The monoisotopic (exact) mass is 447 g/mol. The van der Waals surface area contributed by atoms with Crippen LogP contribution in [0.25, 0.3) is 0 Å². The molecule has 2 aromatic rings. The molecule has 3 heterocycles. The maximum Gasteiger partial charge on any atom is 0.417 e. The van der Waals surface area contributed by atoms with Gasteiger partial charge in [-0.15, -0.1) is 0 Å². The van der Waals surface area contributed by atoms with Gasteiger partial charge in [0.1, 0.15) is 5.82 Å². The van der Waals surface area contributed by atoms with Gasteiger partial charge in [0, 0.05) is 44.8 Å². The zero-order chi connectivity index (χ0) is 22.9. The van der Waals surface area contributed by atoms with E-state index in [0.717, 1.165) is 12.3 Å². The first-order chi connectivity index (χ1) is 15.2. The lowest BCUT2D eigenvalue weighted by Gasteiger charge is -2.36. The first-order valence-corrected chi connectivity index (χ1v) is 10.4. The summed E-state index contributed by atoms with van der Waals surface area (Å²) in [6.45, 7) is 4.32. The van der Waals surface area contributed by atoms with Crippen LogP contribution in [0.4, 0.5) is 30.4 Å². The molecule has 2 amide bonds. The molecule has 0 aliphatic carbocycles. The third-order valence-electron chi connectivity index (χ3n) is 5.76. The fourth-order valence-corrected chi connectivity index (χ4v) is 4.11. The highest BCUT2D eigenvalue weighted by molar-refractivity contribution is 6.04. The van der Waals surface area contributed by atoms with E-state index in [4.69, 9.17) is 0 Å². The SMILES string of the molecule is C[C@@H]1CC(=O)Nc2ccccc2N1C(=O)CN1CCN(c2ccc(C(F)(F)F)cn2)CC1. The van der Waals surface area contributed by atoms with Crippen molar-refractivity contribution < 1.29 is 22.8 Å². The van der Waals surface area contributed by atoms with Crippen molar-refractivity contribution in [1.82, 2.24) is 9.88 Å². The summed E-state index contributed by atoms with van der Waals surface area (Å²) in [5.41, 5.74) is 0.530. The minimum atomic E-state index is -4.41. The minimum absolute atomic E-state index is 0.0949. The van der Waals surface area contributed by atoms with Crippen LogP contribution < -0.4 is 15.1 Å². The number of benzene rings is 1. The lowest BCUT2D eigenvalue weighted by atomic mass is 10.1. The fraction of sp³-hybridized carbons (Fsp3) is 0.409. The van der Waals surface area contributed by atoms with E-state index in [-0.39, 0.29) is 30.8 Å². The molecule has 7 nitrogen and oxygen atoms in total. The van der Waals surface area contributed by atoms with E-state index in [2.05, 4.69) is 10.3 Å². The minimum Gasteiger partial charge on any atom is -0.354 e. The van der Waals surface area contributed by atoms with Gasteiger partial charge < -0.3 is 15.1 Å². The van der Waals surface area contributed by atoms with Crippen LogP contribution >= 0.6 is 0 Å². The summed E-state index contributed by atoms with van der Waals surface area (Å²) in [6, 6.07) is 9.38. The Morgan fingerprint density at radius 2 is 1.84 bits per heavy atom. The molecule has 0 unspecified atom stereocenters. The molecular formula is C22H24F3N5O2. The summed E-state index contributed by atoms with van der Waals surface area (Å²) < 4.78 is 38.2. The van der Waals surface area contributed by atoms with Crippen LogP contribution in [0, 0.1) is 0 Å². The Kier molecular flexibility index (Phi) is 6.05. The molecule has 1 saturated heterocycles. The summed E-state index contributed by atoms with van der Waals surface area (Å²) in [5, 5.41) is 2.85. The van der Waals surface area contributed by atoms with Crippen molar-refractivity contribution in [3.63, 3.8) is 0 Å². The number of rotatable bonds is 3. The van der Waals surface area contributed by atoms with Crippen LogP contribution in [-0.2, 0) is 15.8 Å². The van der Waals surface area contributed by atoms with Crippen LogP contribution in [0.15, 0.2) is 42.6 Å². The van der Waals surface area contributed by atoms with Gasteiger partial charge in [-0.2, -0.15) is 13.2 Å². The largest absolute Gasteiger partial charge is 0.417 e. The van der Waals surface area contributed by atoms with Crippen molar-refractivity contribution in [2.24, 2.45) is 0 Å². The number of alkyl halides is 3. The van der Waals surface area contributed by atoms with Crippen molar-refractivity contribution in [2.45, 2.75) is 25.6 Å².